The highest BCUT2D eigenvalue weighted by Gasteiger charge is 2.43. The van der Waals surface area contributed by atoms with Gasteiger partial charge in [0, 0.05) is 175 Å². The van der Waals surface area contributed by atoms with Gasteiger partial charge in [0.1, 0.15) is 19.0 Å². The molecule has 4 aromatic carbocycles. The number of aromatic nitrogens is 3. The van der Waals surface area contributed by atoms with Crippen molar-refractivity contribution >= 4 is 61.7 Å². The average Bonchev–Trinajstić information content (AvgIpc) is 1.60. The van der Waals surface area contributed by atoms with Crippen LogP contribution in [0.1, 0.15) is 208 Å². The molecular formula is C103H168N15O12P3. The Morgan fingerprint density at radius 3 is 1.20 bits per heavy atom. The van der Waals surface area contributed by atoms with E-state index in [2.05, 4.69) is 225 Å². The van der Waals surface area contributed by atoms with Crippen molar-refractivity contribution in [3.05, 3.63) is 161 Å². The predicted octanol–water partition coefficient (Wildman–Crippen LogP) is 18.5. The molecule has 6 saturated heterocycles. The van der Waals surface area contributed by atoms with Crippen LogP contribution in [0.15, 0.2) is 138 Å². The fraction of sp³-hybridized carbons (Fsp3) is 0.650. The van der Waals surface area contributed by atoms with Crippen molar-refractivity contribution < 1.29 is 56.5 Å². The van der Waals surface area contributed by atoms with Crippen molar-refractivity contribution in [1.29, 1.82) is 0 Å². The average molecular weight is 1900 g/mol. The minimum absolute atomic E-state index is 0. The van der Waals surface area contributed by atoms with Crippen LogP contribution < -0.4 is 0 Å². The van der Waals surface area contributed by atoms with E-state index in [-0.39, 0.29) is 110 Å². The molecule has 7 aliphatic rings. The quantitative estimate of drug-likeness (QED) is 0.0302. The molecule has 0 saturated carbocycles. The van der Waals surface area contributed by atoms with Crippen LogP contribution in [0.25, 0.3) is 33.2 Å². The number of ketones is 1. The van der Waals surface area contributed by atoms with Crippen molar-refractivity contribution in [2.75, 3.05) is 206 Å². The zero-order valence-electron chi connectivity index (χ0n) is 83.9. The molecule has 30 heteroatoms. The van der Waals surface area contributed by atoms with Crippen LogP contribution >= 0.6 is 22.3 Å². The first-order chi connectivity index (χ1) is 61.7. The Hall–Kier alpha value is -6.23. The Kier molecular flexibility index (Phi) is 39.9. The third kappa shape index (κ3) is 29.2. The number of benzene rings is 4. The Bertz CT molecular complexity index is 4950. The number of morpholine rings is 3. The summed E-state index contributed by atoms with van der Waals surface area (Å²) in [4.78, 5) is 53.1. The molecule has 6 fully saturated rings. The minimum atomic E-state index is -2.98. The van der Waals surface area contributed by atoms with Crippen LogP contribution in [0.3, 0.4) is 0 Å². The van der Waals surface area contributed by atoms with Crippen molar-refractivity contribution in [2.24, 2.45) is 5.41 Å². The highest BCUT2D eigenvalue weighted by Crippen LogP contribution is 2.54. The predicted molar refractivity (Wildman–Crippen MR) is 546 cm³/mol. The molecule has 6 aliphatic heterocycles. The van der Waals surface area contributed by atoms with Gasteiger partial charge in [0.2, 0.25) is 22.3 Å². The van der Waals surface area contributed by atoms with E-state index in [1.165, 1.54) is 27.5 Å². The summed E-state index contributed by atoms with van der Waals surface area (Å²) < 4.78 is 95.0. The zero-order valence-corrected chi connectivity index (χ0v) is 86.6. The Balaban J connectivity index is 0.000000223. The summed E-state index contributed by atoms with van der Waals surface area (Å²) in [6, 6.07) is 32.1. The Labute approximate surface area is 799 Å². The summed E-state index contributed by atoms with van der Waals surface area (Å²) in [5, 5.41) is 6.92. The van der Waals surface area contributed by atoms with Crippen molar-refractivity contribution in [2.45, 2.75) is 231 Å². The maximum atomic E-state index is 14.3. The Morgan fingerprint density at radius 2 is 0.827 bits per heavy atom. The summed E-state index contributed by atoms with van der Waals surface area (Å²) in [7, 11) is 2.47. The number of hydrogen-bond donors (Lipinski definition) is 0. The lowest BCUT2D eigenvalue weighted by atomic mass is 9.76. The molecule has 0 N–H and O–H groups in total. The molecule has 0 radical (unpaired) electrons. The first kappa shape index (κ1) is 110. The van der Waals surface area contributed by atoms with Crippen molar-refractivity contribution in [3.8, 4) is 11.4 Å². The van der Waals surface area contributed by atoms with Gasteiger partial charge in [-0.15, -0.1) is 0 Å². The number of nitrogens with zero attached hydrogens (tertiary/aromatic N) is 15. The molecule has 6 aromatic rings. The summed E-state index contributed by atoms with van der Waals surface area (Å²) in [6.45, 7) is 54.2. The number of ether oxygens (including phenoxy) is 6. The maximum absolute atomic E-state index is 14.3. The molecule has 27 nitrogen and oxygen atoms in total. The normalized spacial score (nSPS) is 23.1. The van der Waals surface area contributed by atoms with E-state index in [0.29, 0.717) is 95.3 Å². The van der Waals surface area contributed by atoms with Gasteiger partial charge in [-0.05, 0) is 251 Å². The van der Waals surface area contributed by atoms with Crippen molar-refractivity contribution in [1.82, 2.24) is 71.8 Å². The molecule has 8 heterocycles. The monoisotopic (exact) mass is 1900 g/mol. The van der Waals surface area contributed by atoms with Gasteiger partial charge in [0.15, 0.2) is 5.78 Å². The first-order valence-corrected chi connectivity index (χ1v) is 53.2. The summed E-state index contributed by atoms with van der Waals surface area (Å²) >= 11 is 0. The second-order valence-electron chi connectivity index (χ2n) is 42.0. The second kappa shape index (κ2) is 48.1. The fourth-order valence-electron chi connectivity index (χ4n) is 18.7. The van der Waals surface area contributed by atoms with E-state index in [4.69, 9.17) is 28.4 Å². The smallest absolute Gasteiger partial charge is 0.253 e. The molecule has 9 unspecified atom stereocenters. The van der Waals surface area contributed by atoms with E-state index >= 15 is 0 Å². The Morgan fingerprint density at radius 1 is 0.474 bits per heavy atom. The molecule has 133 heavy (non-hydrogen) atoms. The van der Waals surface area contributed by atoms with E-state index in [1.54, 1.807) is 15.5 Å². The van der Waals surface area contributed by atoms with E-state index < -0.39 is 22.3 Å². The lowest BCUT2D eigenvalue weighted by Gasteiger charge is -2.44. The first-order valence-electron chi connectivity index (χ1n) is 47.8. The number of allylic oxidation sites excluding steroid dienone is 5. The highest BCUT2D eigenvalue weighted by molar-refractivity contribution is 7.59. The number of piperazine rings is 3. The molecule has 2 aromatic heterocycles. The zero-order chi connectivity index (χ0) is 95.3. The number of carbonyl (C=O) groups excluding carboxylic acids is 3. The second-order valence-corrected chi connectivity index (χ2v) is 50.9. The standard InChI is InChI=1S/C36H48N5O4P.C33H51N6O5P.C32H61N4O3P.2CH4/c1-27-23-39(36(2,3)4)24-30(45-27)25-44-26-46(43,37(5)6)40-21-19-38(20-22-40)35(42)28-15-17-29(18-16-28)41-33-13-9-7-11-31(33)32-12-8-10-14-34(32)41;1-24-20-37(32(2,3)4)21-27(44-24)22-43-23-45(42,35(7)8)38-15-13-36(14-16-38)31(41)25-9-11-26(12-10-25)39-29-17-33(5,6)18-30(40)28(29)19-34-39;1-27(2)13-11-14-28(3)15-12-16-29(4)17-18-34-19-21-36(22-20-34)40(37,33(9)10)26-38-25-31-24-35(32(6,7)8)23-30(5)39-31;;/h7-18,27,30H,19-26H2,1-6H3;9-12,19,24,27H,13-18,20-23H2,1-8H3;13,15,17,30-31H,11-12,14,16,18-26H2,1-10H3;2*1H4/b;;28-15+,29-17+;;. The molecule has 13 rings (SSSR count). The topological polar surface area (TPSA) is 219 Å². The van der Waals surface area contributed by atoms with Gasteiger partial charge in [-0.1, -0.05) is 100 Å². The van der Waals surface area contributed by atoms with Gasteiger partial charge < -0.3 is 42.8 Å². The molecule has 742 valence electrons. The SMILES string of the molecule is C.C.CC(C)=CCC/C(C)=C/CC/C(C)=C/CN1CCN(P(=O)(COCC2CN(C(C)(C)C)CC(C)O2)N(C)C)CC1.CC1CN(C(C)(C)C)CC(COCP(=O)(N(C)C)N2CCN(C(=O)c3ccc(-n4c5ccccc5c5ccccc54)cc3)CC2)O1.CC1CN(C(C)(C)C)CC(COCP(=O)(N(C)C)N2CCN(C(=O)c3ccc(-n4ncc5c4CC(C)(C)CC5=O)cc3)CC2)O1. The lowest BCUT2D eigenvalue weighted by Crippen LogP contribution is -2.55. The summed E-state index contributed by atoms with van der Waals surface area (Å²) in [5.41, 5.74) is 11.4. The number of fused-ring (bicyclic) bond motifs is 4. The van der Waals surface area contributed by atoms with Crippen molar-refractivity contribution in [3.63, 3.8) is 0 Å². The van der Waals surface area contributed by atoms with E-state index in [0.717, 1.165) is 132 Å². The number of carbonyl (C=O) groups is 3. The van der Waals surface area contributed by atoms with Gasteiger partial charge >= 0.3 is 0 Å². The fourth-order valence-corrected chi connectivity index (χ4v) is 24.8. The van der Waals surface area contributed by atoms with Crippen LogP contribution in [0.2, 0.25) is 0 Å². The highest BCUT2D eigenvalue weighted by atomic mass is 31.2. The van der Waals surface area contributed by atoms with Crippen LogP contribution in [-0.2, 0) is 48.5 Å². The number of Topliss-reactive ketones (excluding diaryl/α,β-unsaturated/α-hetero) is 1. The van der Waals surface area contributed by atoms with Gasteiger partial charge in [-0.25, -0.2) is 32.7 Å². The van der Waals surface area contributed by atoms with Crippen LogP contribution in [0.4, 0.5) is 0 Å². The summed E-state index contributed by atoms with van der Waals surface area (Å²) in [5.74, 6) is 0.0726. The summed E-state index contributed by atoms with van der Waals surface area (Å²) in [6.07, 6.45) is 15.3. The third-order valence-electron chi connectivity index (χ3n) is 26.7. The number of amides is 2. The largest absolute Gasteiger partial charge is 0.370 e. The molecule has 9 atom stereocenters. The maximum Gasteiger partial charge on any atom is 0.253 e. The van der Waals surface area contributed by atoms with Gasteiger partial charge in [0.25, 0.3) is 11.8 Å². The van der Waals surface area contributed by atoms with Crippen LogP contribution in [0, 0.1) is 5.41 Å². The number of hydrogen-bond acceptors (Lipinski definition) is 17. The molecule has 1 aliphatic carbocycles. The molecular weight excluding hydrogens is 1730 g/mol. The molecule has 0 spiro atoms. The molecule has 0 bridgehead atoms. The third-order valence-corrected chi connectivity index (χ3v) is 35.9. The van der Waals surface area contributed by atoms with Gasteiger partial charge in [0.05, 0.1) is 90.6 Å². The van der Waals surface area contributed by atoms with Gasteiger partial charge in [-0.3, -0.25) is 47.7 Å². The van der Waals surface area contributed by atoms with E-state index in [9.17, 15) is 28.1 Å². The van der Waals surface area contributed by atoms with Crippen LogP contribution in [-0.4, -0.2) is 348 Å². The molecule has 2 amide bonds. The number of para-hydroxylation sites is 2. The van der Waals surface area contributed by atoms with Gasteiger partial charge in [-0.2, -0.15) is 5.10 Å². The lowest BCUT2D eigenvalue weighted by molar-refractivity contribution is -0.122. The van der Waals surface area contributed by atoms with E-state index in [1.807, 2.05) is 119 Å². The minimum Gasteiger partial charge on any atom is -0.370 e. The number of rotatable bonds is 30. The van der Waals surface area contributed by atoms with Crippen LogP contribution in [0.5, 0.6) is 0 Å².